The Hall–Kier alpha value is -1.61. The molecule has 0 aliphatic carbocycles. The number of halogens is 3. The van der Waals surface area contributed by atoms with Crippen molar-refractivity contribution < 1.29 is 22.7 Å². The van der Waals surface area contributed by atoms with Crippen LogP contribution in [0.25, 0.3) is 0 Å². The quantitative estimate of drug-likeness (QED) is 0.628. The zero-order valence-corrected chi connectivity index (χ0v) is 10.9. The third-order valence-corrected chi connectivity index (χ3v) is 2.67. The van der Waals surface area contributed by atoms with Crippen molar-refractivity contribution in [1.82, 2.24) is 0 Å². The van der Waals surface area contributed by atoms with Crippen LogP contribution in [0.15, 0.2) is 24.3 Å². The highest BCUT2D eigenvalue weighted by Crippen LogP contribution is 2.22. The summed E-state index contributed by atoms with van der Waals surface area (Å²) in [5.41, 5.74) is 0.599. The minimum absolute atomic E-state index is 0.0375. The number of carbonyl (C=O) groups is 1. The van der Waals surface area contributed by atoms with Crippen molar-refractivity contribution in [3.63, 3.8) is 0 Å². The lowest BCUT2D eigenvalue weighted by Gasteiger charge is -2.07. The van der Waals surface area contributed by atoms with Gasteiger partial charge in [-0.05, 0) is 24.3 Å². The molecule has 0 saturated heterocycles. The van der Waals surface area contributed by atoms with Crippen molar-refractivity contribution >= 4 is 16.9 Å². The van der Waals surface area contributed by atoms with E-state index in [9.17, 15) is 18.0 Å². The maximum absolute atomic E-state index is 11.9. The van der Waals surface area contributed by atoms with Gasteiger partial charge in [0.25, 0.3) is 0 Å². The largest absolute Gasteiger partial charge is 0.573 e. The Morgan fingerprint density at radius 1 is 1.32 bits per heavy atom. The average Bonchev–Trinajstić information content (AvgIpc) is 2.28. The lowest BCUT2D eigenvalue weighted by atomic mass is 10.2. The fraction of sp³-hybridized carbons (Fsp3) is 0.308. The molecule has 1 rings (SSSR count). The fourth-order valence-corrected chi connectivity index (χ4v) is 1.64. The van der Waals surface area contributed by atoms with Crippen LogP contribution in [-0.2, 0) is 4.79 Å². The van der Waals surface area contributed by atoms with Crippen LogP contribution in [-0.4, -0.2) is 17.2 Å². The molecule has 102 valence electrons. The van der Waals surface area contributed by atoms with Gasteiger partial charge in [0.05, 0.1) is 0 Å². The SMILES string of the molecule is CC(=O)SCCC#Cc1ccc(OC(F)(F)F)cc1. The van der Waals surface area contributed by atoms with Crippen molar-refractivity contribution in [2.45, 2.75) is 19.7 Å². The first-order chi connectivity index (χ1) is 8.87. The summed E-state index contributed by atoms with van der Waals surface area (Å²) in [4.78, 5) is 10.6. The van der Waals surface area contributed by atoms with E-state index in [0.717, 1.165) is 0 Å². The van der Waals surface area contributed by atoms with Crippen molar-refractivity contribution in [2.24, 2.45) is 0 Å². The molecule has 0 fully saturated rings. The normalized spacial score (nSPS) is 10.5. The second-order valence-electron chi connectivity index (χ2n) is 3.46. The minimum Gasteiger partial charge on any atom is -0.406 e. The van der Waals surface area contributed by atoms with Gasteiger partial charge in [-0.25, -0.2) is 0 Å². The zero-order valence-electron chi connectivity index (χ0n) is 10.1. The first kappa shape index (κ1) is 15.4. The van der Waals surface area contributed by atoms with E-state index in [1.165, 1.54) is 43.0 Å². The van der Waals surface area contributed by atoms with Gasteiger partial charge in [-0.2, -0.15) is 0 Å². The third-order valence-electron chi connectivity index (χ3n) is 1.85. The van der Waals surface area contributed by atoms with E-state index < -0.39 is 6.36 Å². The van der Waals surface area contributed by atoms with E-state index in [1.807, 2.05) is 0 Å². The van der Waals surface area contributed by atoms with Crippen LogP contribution in [0.2, 0.25) is 0 Å². The van der Waals surface area contributed by atoms with Gasteiger partial charge in [0.1, 0.15) is 5.75 Å². The van der Waals surface area contributed by atoms with Crippen molar-refractivity contribution in [1.29, 1.82) is 0 Å². The van der Waals surface area contributed by atoms with Gasteiger partial charge in [0.15, 0.2) is 5.12 Å². The van der Waals surface area contributed by atoms with Crippen LogP contribution in [0.1, 0.15) is 18.9 Å². The van der Waals surface area contributed by atoms with Crippen LogP contribution in [0, 0.1) is 11.8 Å². The molecular formula is C13H11F3O2S. The maximum atomic E-state index is 11.9. The Morgan fingerprint density at radius 2 is 1.95 bits per heavy atom. The van der Waals surface area contributed by atoms with E-state index >= 15 is 0 Å². The number of thioether (sulfide) groups is 1. The summed E-state index contributed by atoms with van der Waals surface area (Å²) in [5.74, 6) is 5.97. The van der Waals surface area contributed by atoms with Crippen molar-refractivity contribution in [3.05, 3.63) is 29.8 Å². The molecule has 0 heterocycles. The molecule has 0 unspecified atom stereocenters. The summed E-state index contributed by atoms with van der Waals surface area (Å²) in [6, 6.07) is 5.32. The fourth-order valence-electron chi connectivity index (χ4n) is 1.15. The molecule has 0 N–H and O–H groups in total. The Labute approximate surface area is 113 Å². The lowest BCUT2D eigenvalue weighted by Crippen LogP contribution is -2.16. The zero-order chi connectivity index (χ0) is 14.3. The van der Waals surface area contributed by atoms with Gasteiger partial charge in [-0.3, -0.25) is 4.79 Å². The molecule has 0 atom stereocenters. The number of hydrogen-bond donors (Lipinski definition) is 0. The second-order valence-corrected chi connectivity index (χ2v) is 4.74. The molecule has 0 aliphatic rings. The first-order valence-corrected chi connectivity index (χ1v) is 6.33. The summed E-state index contributed by atoms with van der Waals surface area (Å²) in [5, 5.41) is 0.0375. The summed E-state index contributed by atoms with van der Waals surface area (Å²) >= 11 is 1.19. The smallest absolute Gasteiger partial charge is 0.406 e. The summed E-state index contributed by atoms with van der Waals surface area (Å²) < 4.78 is 39.5. The van der Waals surface area contributed by atoms with Crippen LogP contribution in [0.5, 0.6) is 5.75 Å². The number of benzene rings is 1. The standard InChI is InChI=1S/C13H11F3O2S/c1-10(17)19-9-3-2-4-11-5-7-12(8-6-11)18-13(14,15)16/h5-8H,3,9H2,1H3. The molecule has 0 aliphatic heterocycles. The van der Waals surface area contributed by atoms with E-state index in [2.05, 4.69) is 16.6 Å². The molecular weight excluding hydrogens is 277 g/mol. The lowest BCUT2D eigenvalue weighted by molar-refractivity contribution is -0.274. The van der Waals surface area contributed by atoms with Gasteiger partial charge >= 0.3 is 6.36 Å². The topological polar surface area (TPSA) is 26.3 Å². The van der Waals surface area contributed by atoms with E-state index in [4.69, 9.17) is 0 Å². The number of alkyl halides is 3. The highest BCUT2D eigenvalue weighted by molar-refractivity contribution is 8.13. The number of ether oxygens (including phenoxy) is 1. The van der Waals surface area contributed by atoms with E-state index in [0.29, 0.717) is 17.7 Å². The molecule has 1 aromatic rings. The predicted molar refractivity (Wildman–Crippen MR) is 67.8 cm³/mol. The maximum Gasteiger partial charge on any atom is 0.573 e. The summed E-state index contributed by atoms with van der Waals surface area (Å²) in [6.07, 6.45) is -4.14. The Balaban J connectivity index is 2.48. The van der Waals surface area contributed by atoms with Crippen LogP contribution < -0.4 is 4.74 Å². The van der Waals surface area contributed by atoms with Gasteiger partial charge in [-0.15, -0.1) is 13.2 Å². The third kappa shape index (κ3) is 7.42. The van der Waals surface area contributed by atoms with Crippen molar-refractivity contribution in [3.8, 4) is 17.6 Å². The van der Waals surface area contributed by atoms with Gasteiger partial charge < -0.3 is 4.74 Å². The Morgan fingerprint density at radius 3 is 2.47 bits per heavy atom. The van der Waals surface area contributed by atoms with E-state index in [-0.39, 0.29) is 10.9 Å². The highest BCUT2D eigenvalue weighted by atomic mass is 32.2. The molecule has 0 spiro atoms. The molecule has 19 heavy (non-hydrogen) atoms. The molecule has 0 bridgehead atoms. The van der Waals surface area contributed by atoms with Crippen LogP contribution >= 0.6 is 11.8 Å². The number of hydrogen-bond acceptors (Lipinski definition) is 3. The predicted octanol–water partition coefficient (Wildman–Crippen LogP) is 3.61. The summed E-state index contributed by atoms with van der Waals surface area (Å²) in [6.45, 7) is 1.48. The van der Waals surface area contributed by atoms with Crippen LogP contribution in [0.3, 0.4) is 0 Å². The van der Waals surface area contributed by atoms with Crippen LogP contribution in [0.4, 0.5) is 13.2 Å². The average molecular weight is 288 g/mol. The number of rotatable bonds is 3. The highest BCUT2D eigenvalue weighted by Gasteiger charge is 2.30. The van der Waals surface area contributed by atoms with Gasteiger partial charge in [-0.1, -0.05) is 23.6 Å². The molecule has 0 radical (unpaired) electrons. The molecule has 0 aromatic heterocycles. The number of carbonyl (C=O) groups excluding carboxylic acids is 1. The Kier molecular flexibility index (Phi) is 5.77. The monoisotopic (exact) mass is 288 g/mol. The molecule has 0 saturated carbocycles. The second kappa shape index (κ2) is 7.10. The van der Waals surface area contributed by atoms with Gasteiger partial charge in [0, 0.05) is 24.7 Å². The molecule has 2 nitrogen and oxygen atoms in total. The molecule has 1 aromatic carbocycles. The molecule has 6 heteroatoms. The van der Waals surface area contributed by atoms with Gasteiger partial charge in [0.2, 0.25) is 0 Å². The Bertz CT molecular complexity index is 483. The van der Waals surface area contributed by atoms with E-state index in [1.54, 1.807) is 0 Å². The first-order valence-electron chi connectivity index (χ1n) is 5.35. The summed E-state index contributed by atoms with van der Waals surface area (Å²) in [7, 11) is 0. The molecule has 0 amide bonds. The minimum atomic E-state index is -4.68. The van der Waals surface area contributed by atoms with Crippen molar-refractivity contribution in [2.75, 3.05) is 5.75 Å².